The zero-order chi connectivity index (χ0) is 26.1. The summed E-state index contributed by atoms with van der Waals surface area (Å²) in [6.07, 6.45) is 6.86. The summed E-state index contributed by atoms with van der Waals surface area (Å²) in [6, 6.07) is 7.32. The molecule has 0 unspecified atom stereocenters. The van der Waals surface area contributed by atoms with Gasteiger partial charge in [-0.2, -0.15) is 22.2 Å². The number of anilines is 2. The second-order valence-corrected chi connectivity index (χ2v) is 9.96. The fourth-order valence-electron chi connectivity index (χ4n) is 4.96. The Bertz CT molecular complexity index is 1380. The SMILES string of the molecule is C[C@H]1C[C@@H](c2ccncc2Nc2ncc3ccc(-c4c(F)cc(OCCO)cc4F)nn23)C[C@@H](N)[C@@H]1S. The fraction of sp³-hybridized carbons (Fsp3) is 0.346. The molecule has 5 rings (SSSR count). The van der Waals surface area contributed by atoms with Gasteiger partial charge in [-0.15, -0.1) is 0 Å². The van der Waals surface area contributed by atoms with Crippen LogP contribution >= 0.6 is 12.6 Å². The van der Waals surface area contributed by atoms with Gasteiger partial charge in [-0.1, -0.05) is 6.92 Å². The lowest BCUT2D eigenvalue weighted by Crippen LogP contribution is -2.41. The number of imidazole rings is 1. The van der Waals surface area contributed by atoms with Crippen molar-refractivity contribution in [3.63, 3.8) is 0 Å². The normalized spacial score (nSPS) is 21.8. The Hall–Kier alpha value is -3.28. The maximum atomic E-state index is 14.9. The summed E-state index contributed by atoms with van der Waals surface area (Å²) in [5, 5.41) is 16.8. The number of halogens is 2. The molecule has 11 heteroatoms. The number of aliphatic hydroxyl groups excluding tert-OH is 1. The second kappa shape index (κ2) is 10.6. The van der Waals surface area contributed by atoms with Gasteiger partial charge >= 0.3 is 0 Å². The van der Waals surface area contributed by atoms with Crippen LogP contribution in [0.2, 0.25) is 0 Å². The van der Waals surface area contributed by atoms with E-state index in [2.05, 4.69) is 39.9 Å². The Kier molecular flexibility index (Phi) is 7.27. The molecule has 1 saturated carbocycles. The van der Waals surface area contributed by atoms with Crippen molar-refractivity contribution in [1.82, 2.24) is 19.6 Å². The smallest absolute Gasteiger partial charge is 0.229 e. The van der Waals surface area contributed by atoms with Gasteiger partial charge < -0.3 is 20.9 Å². The Morgan fingerprint density at radius 3 is 2.70 bits per heavy atom. The molecule has 0 aliphatic heterocycles. The van der Waals surface area contributed by atoms with Gasteiger partial charge in [0.25, 0.3) is 0 Å². The lowest BCUT2D eigenvalue weighted by atomic mass is 9.76. The van der Waals surface area contributed by atoms with E-state index in [-0.39, 0.29) is 47.4 Å². The van der Waals surface area contributed by atoms with Crippen molar-refractivity contribution < 1.29 is 18.6 Å². The summed E-state index contributed by atoms with van der Waals surface area (Å²) in [7, 11) is 0. The second-order valence-electron chi connectivity index (χ2n) is 9.36. The summed E-state index contributed by atoms with van der Waals surface area (Å²) in [6.45, 7) is 1.83. The molecule has 194 valence electrons. The van der Waals surface area contributed by atoms with Gasteiger partial charge in [0.15, 0.2) is 0 Å². The van der Waals surface area contributed by atoms with Crippen LogP contribution in [0.3, 0.4) is 0 Å². The first-order valence-electron chi connectivity index (χ1n) is 12.1. The van der Waals surface area contributed by atoms with E-state index in [0.29, 0.717) is 17.4 Å². The number of nitrogens with two attached hydrogens (primary N) is 1. The predicted octanol–water partition coefficient (Wildman–Crippen LogP) is 4.32. The monoisotopic (exact) mass is 526 g/mol. The molecule has 1 aliphatic carbocycles. The third-order valence-electron chi connectivity index (χ3n) is 6.79. The van der Waals surface area contributed by atoms with Gasteiger partial charge in [0, 0.05) is 29.6 Å². The molecule has 4 N–H and O–H groups in total. The highest BCUT2D eigenvalue weighted by molar-refractivity contribution is 7.81. The van der Waals surface area contributed by atoms with Crippen molar-refractivity contribution >= 4 is 29.8 Å². The highest BCUT2D eigenvalue weighted by Crippen LogP contribution is 2.40. The van der Waals surface area contributed by atoms with Crippen LogP contribution in [0.25, 0.3) is 16.8 Å². The van der Waals surface area contributed by atoms with Gasteiger partial charge in [-0.05, 0) is 48.4 Å². The summed E-state index contributed by atoms with van der Waals surface area (Å²) in [4.78, 5) is 8.72. The number of nitrogens with one attached hydrogen (secondary N) is 1. The summed E-state index contributed by atoms with van der Waals surface area (Å²) in [5.41, 5.74) is 8.66. The number of nitrogens with zero attached hydrogens (tertiary/aromatic N) is 4. The van der Waals surface area contributed by atoms with Gasteiger partial charge in [-0.25, -0.2) is 13.8 Å². The minimum absolute atomic E-state index is 0.0102. The van der Waals surface area contributed by atoms with Crippen LogP contribution in [0.4, 0.5) is 20.4 Å². The molecular formula is C26H28F2N6O2S. The number of benzene rings is 1. The summed E-state index contributed by atoms with van der Waals surface area (Å²) in [5.74, 6) is -0.689. The van der Waals surface area contributed by atoms with E-state index in [4.69, 9.17) is 15.6 Å². The zero-order valence-electron chi connectivity index (χ0n) is 20.2. The lowest BCUT2D eigenvalue weighted by molar-refractivity contribution is 0.200. The first kappa shape index (κ1) is 25.4. The minimum atomic E-state index is -0.825. The summed E-state index contributed by atoms with van der Waals surface area (Å²) >= 11 is 4.67. The van der Waals surface area contributed by atoms with E-state index in [1.165, 1.54) is 10.6 Å². The Morgan fingerprint density at radius 2 is 1.97 bits per heavy atom. The van der Waals surface area contributed by atoms with E-state index < -0.39 is 11.6 Å². The first-order chi connectivity index (χ1) is 17.9. The van der Waals surface area contributed by atoms with E-state index in [9.17, 15) is 8.78 Å². The van der Waals surface area contributed by atoms with Crippen molar-refractivity contribution in [2.45, 2.75) is 37.0 Å². The number of hydrogen-bond acceptors (Lipinski definition) is 8. The average Bonchev–Trinajstić information content (AvgIpc) is 3.27. The van der Waals surface area contributed by atoms with Crippen LogP contribution in [-0.4, -0.2) is 49.2 Å². The van der Waals surface area contributed by atoms with Crippen molar-refractivity contribution in [2.24, 2.45) is 11.7 Å². The topological polar surface area (TPSA) is 111 Å². The molecule has 4 aromatic rings. The van der Waals surface area contributed by atoms with Crippen LogP contribution in [0.5, 0.6) is 5.75 Å². The highest BCUT2D eigenvalue weighted by atomic mass is 32.1. The molecule has 0 radical (unpaired) electrons. The standard InChI is InChI=1S/C26H28F2N6O2S/c1-14-8-15(9-21(29)25(14)37)18-4-5-30-13-23(18)32-26-31-12-16-2-3-22(33-34(16)26)24-19(27)10-17(11-20(24)28)36-7-6-35/h2-5,10-15,21,25,35,37H,6-9,29H2,1H3,(H,31,32)/t14-,15+,21+,25+/m0/s1. The van der Waals surface area contributed by atoms with E-state index in [0.717, 1.165) is 36.2 Å². The molecule has 3 heterocycles. The van der Waals surface area contributed by atoms with E-state index in [1.807, 2.05) is 6.07 Å². The lowest BCUT2D eigenvalue weighted by Gasteiger charge is -2.37. The number of rotatable bonds is 7. The fourth-order valence-corrected chi connectivity index (χ4v) is 5.20. The maximum absolute atomic E-state index is 14.9. The highest BCUT2D eigenvalue weighted by Gasteiger charge is 2.33. The van der Waals surface area contributed by atoms with Gasteiger partial charge in [0.2, 0.25) is 5.95 Å². The average molecular weight is 527 g/mol. The molecule has 0 amide bonds. The molecule has 0 spiro atoms. The van der Waals surface area contributed by atoms with Crippen LogP contribution in [0.1, 0.15) is 31.2 Å². The molecule has 0 bridgehead atoms. The van der Waals surface area contributed by atoms with Crippen molar-refractivity contribution in [2.75, 3.05) is 18.5 Å². The van der Waals surface area contributed by atoms with Crippen molar-refractivity contribution in [1.29, 1.82) is 0 Å². The number of aromatic nitrogens is 4. The third kappa shape index (κ3) is 5.11. The third-order valence-corrected chi connectivity index (χ3v) is 7.68. The minimum Gasteiger partial charge on any atom is -0.491 e. The van der Waals surface area contributed by atoms with Crippen LogP contribution in [0, 0.1) is 17.6 Å². The molecular weight excluding hydrogens is 498 g/mol. The maximum Gasteiger partial charge on any atom is 0.229 e. The molecule has 4 atom stereocenters. The molecule has 1 aromatic carbocycles. The van der Waals surface area contributed by atoms with Crippen LogP contribution in [-0.2, 0) is 0 Å². The Balaban J connectivity index is 1.47. The van der Waals surface area contributed by atoms with Crippen molar-refractivity contribution in [3.8, 4) is 17.0 Å². The number of pyridine rings is 1. The number of ether oxygens (including phenoxy) is 1. The van der Waals surface area contributed by atoms with Gasteiger partial charge in [-0.3, -0.25) is 4.98 Å². The Labute approximate surface area is 218 Å². The number of fused-ring (bicyclic) bond motifs is 1. The van der Waals surface area contributed by atoms with Crippen molar-refractivity contribution in [3.05, 3.63) is 66.1 Å². The predicted molar refractivity (Wildman–Crippen MR) is 140 cm³/mol. The van der Waals surface area contributed by atoms with Crippen LogP contribution < -0.4 is 15.8 Å². The summed E-state index contributed by atoms with van der Waals surface area (Å²) < 4.78 is 36.4. The molecule has 0 saturated heterocycles. The van der Waals surface area contributed by atoms with E-state index in [1.54, 1.807) is 24.7 Å². The van der Waals surface area contributed by atoms with Gasteiger partial charge in [0.1, 0.15) is 24.0 Å². The number of thiol groups is 1. The Morgan fingerprint density at radius 1 is 1.19 bits per heavy atom. The first-order valence-corrected chi connectivity index (χ1v) is 12.6. The molecule has 8 nitrogen and oxygen atoms in total. The zero-order valence-corrected chi connectivity index (χ0v) is 21.1. The van der Waals surface area contributed by atoms with E-state index >= 15 is 0 Å². The largest absolute Gasteiger partial charge is 0.491 e. The molecule has 1 fully saturated rings. The van der Waals surface area contributed by atoms with Crippen LogP contribution in [0.15, 0.2) is 48.9 Å². The molecule has 3 aromatic heterocycles. The molecule has 37 heavy (non-hydrogen) atoms. The quantitative estimate of drug-likeness (QED) is 0.266. The number of hydrogen-bond donors (Lipinski definition) is 4. The number of aliphatic hydroxyl groups is 1. The van der Waals surface area contributed by atoms with Gasteiger partial charge in [0.05, 0.1) is 41.5 Å². The molecule has 1 aliphatic rings.